The fourth-order valence-corrected chi connectivity index (χ4v) is 3.53. The molecular formula is C20H12BrClN4O2S. The Morgan fingerprint density at radius 3 is 2.52 bits per heavy atom. The Kier molecular flexibility index (Phi) is 5.31. The summed E-state index contributed by atoms with van der Waals surface area (Å²) in [6.07, 6.45) is 3.07. The van der Waals surface area contributed by atoms with E-state index in [0.717, 1.165) is 10.0 Å². The van der Waals surface area contributed by atoms with Gasteiger partial charge in [0.05, 0.1) is 11.9 Å². The van der Waals surface area contributed by atoms with Crippen LogP contribution in [0.5, 0.6) is 5.88 Å². The second-order valence-corrected chi connectivity index (χ2v) is 7.85. The first-order valence-corrected chi connectivity index (χ1v) is 9.95. The van der Waals surface area contributed by atoms with E-state index in [0.29, 0.717) is 22.0 Å². The Morgan fingerprint density at radius 2 is 1.83 bits per heavy atom. The van der Waals surface area contributed by atoms with Crippen molar-refractivity contribution in [1.82, 2.24) is 9.55 Å². The topological polar surface area (TPSA) is 82.7 Å². The Hall–Kier alpha value is -2.81. The molecule has 9 heteroatoms. The maximum absolute atomic E-state index is 12.5. The molecule has 0 aliphatic carbocycles. The number of H-pyrrole nitrogens is 1. The first kappa shape index (κ1) is 19.5. The number of hydrogen-bond acceptors (Lipinski definition) is 5. The zero-order valence-corrected chi connectivity index (χ0v) is 17.8. The molecule has 6 nitrogen and oxygen atoms in total. The maximum atomic E-state index is 12.5. The summed E-state index contributed by atoms with van der Waals surface area (Å²) in [5, 5.41) is 19.5. The van der Waals surface area contributed by atoms with E-state index in [1.54, 1.807) is 24.3 Å². The van der Waals surface area contributed by atoms with Crippen LogP contribution in [0.4, 0.5) is 0 Å². The molecule has 1 aliphatic rings. The van der Waals surface area contributed by atoms with Gasteiger partial charge in [0.25, 0.3) is 5.56 Å². The van der Waals surface area contributed by atoms with Gasteiger partial charge in [-0.15, -0.1) is 5.10 Å². The predicted molar refractivity (Wildman–Crippen MR) is 121 cm³/mol. The number of halogens is 2. The van der Waals surface area contributed by atoms with Crippen molar-refractivity contribution in [3.63, 3.8) is 0 Å². The van der Waals surface area contributed by atoms with E-state index in [-0.39, 0.29) is 16.2 Å². The number of allylic oxidation sites excluding steroid dienone is 1. The SMILES string of the molecule is O=c1[nH]c(=S)n(-c2ccc(Cl)cc2)c(O)c1C=C1C=NN=C1c1ccc(Br)cc1. The van der Waals surface area contributed by atoms with Crippen LogP contribution in [0.2, 0.25) is 5.02 Å². The Bertz CT molecular complexity index is 1310. The van der Waals surface area contributed by atoms with Crippen LogP contribution in [0, 0.1) is 4.77 Å². The smallest absolute Gasteiger partial charge is 0.262 e. The van der Waals surface area contributed by atoms with Crippen LogP contribution >= 0.6 is 39.7 Å². The molecule has 0 bridgehead atoms. The monoisotopic (exact) mass is 486 g/mol. The zero-order chi connectivity index (χ0) is 20.5. The van der Waals surface area contributed by atoms with E-state index in [1.165, 1.54) is 16.9 Å². The minimum Gasteiger partial charge on any atom is -0.494 e. The highest BCUT2D eigenvalue weighted by Gasteiger charge is 2.18. The lowest BCUT2D eigenvalue weighted by atomic mass is 10.0. The fraction of sp³-hybridized carbons (Fsp3) is 0. The van der Waals surface area contributed by atoms with Crippen molar-refractivity contribution >= 4 is 57.8 Å². The van der Waals surface area contributed by atoms with Gasteiger partial charge in [0.15, 0.2) is 4.77 Å². The largest absolute Gasteiger partial charge is 0.494 e. The van der Waals surface area contributed by atoms with Gasteiger partial charge in [0.2, 0.25) is 5.88 Å². The second kappa shape index (κ2) is 7.90. The highest BCUT2D eigenvalue weighted by atomic mass is 79.9. The quantitative estimate of drug-likeness (QED) is 0.516. The van der Waals surface area contributed by atoms with E-state index < -0.39 is 5.56 Å². The van der Waals surface area contributed by atoms with Gasteiger partial charge in [-0.1, -0.05) is 39.7 Å². The number of rotatable bonds is 3. The van der Waals surface area contributed by atoms with Gasteiger partial charge in [-0.05, 0) is 54.7 Å². The molecule has 0 unspecified atom stereocenters. The average Bonchev–Trinajstić information content (AvgIpc) is 3.15. The molecule has 2 N–H and O–H groups in total. The standard InChI is InChI=1S/C20H12BrClN4O2S/c21-13-3-1-11(2-4-13)17-12(10-23-25-17)9-16-18(27)24-20(29)26(19(16)28)15-7-5-14(22)6-8-15/h1-10,28H,(H,24,27,29). The number of aromatic amines is 1. The van der Waals surface area contributed by atoms with E-state index in [9.17, 15) is 9.90 Å². The second-order valence-electron chi connectivity index (χ2n) is 6.11. The van der Waals surface area contributed by atoms with Gasteiger partial charge in [0, 0.05) is 20.6 Å². The number of nitrogens with zero attached hydrogens (tertiary/aromatic N) is 3. The van der Waals surface area contributed by atoms with Crippen LogP contribution < -0.4 is 5.56 Å². The van der Waals surface area contributed by atoms with Crippen LogP contribution in [0.15, 0.2) is 73.6 Å². The number of benzene rings is 2. The van der Waals surface area contributed by atoms with Crippen molar-refractivity contribution in [2.45, 2.75) is 0 Å². The van der Waals surface area contributed by atoms with Crippen molar-refractivity contribution < 1.29 is 5.11 Å². The van der Waals surface area contributed by atoms with Gasteiger partial charge in [-0.3, -0.25) is 14.3 Å². The number of nitrogens with one attached hydrogen (secondary N) is 1. The lowest BCUT2D eigenvalue weighted by molar-refractivity contribution is 0.432. The van der Waals surface area contributed by atoms with Crippen molar-refractivity contribution in [1.29, 1.82) is 0 Å². The first-order valence-electron chi connectivity index (χ1n) is 8.37. The minimum absolute atomic E-state index is 0.0433. The molecule has 0 radical (unpaired) electrons. The lowest BCUT2D eigenvalue weighted by Gasteiger charge is -2.12. The summed E-state index contributed by atoms with van der Waals surface area (Å²) in [6.45, 7) is 0. The van der Waals surface area contributed by atoms with E-state index >= 15 is 0 Å². The summed E-state index contributed by atoms with van der Waals surface area (Å²) in [7, 11) is 0. The normalized spacial score (nSPS) is 14.4. The molecule has 4 rings (SSSR count). The molecule has 1 aliphatic heterocycles. The van der Waals surface area contributed by atoms with Crippen LogP contribution in [0.1, 0.15) is 11.1 Å². The Balaban J connectivity index is 1.84. The summed E-state index contributed by atoms with van der Waals surface area (Å²) in [4.78, 5) is 15.1. The third kappa shape index (κ3) is 3.87. The molecule has 1 aromatic heterocycles. The van der Waals surface area contributed by atoms with Crippen molar-refractivity contribution in [2.24, 2.45) is 10.2 Å². The Morgan fingerprint density at radius 1 is 1.14 bits per heavy atom. The molecule has 2 aromatic carbocycles. The van der Waals surface area contributed by atoms with Gasteiger partial charge in [-0.2, -0.15) is 5.10 Å². The molecule has 2 heterocycles. The molecule has 0 spiro atoms. The molecule has 0 amide bonds. The molecule has 3 aromatic rings. The summed E-state index contributed by atoms with van der Waals surface area (Å²) in [6, 6.07) is 14.3. The lowest BCUT2D eigenvalue weighted by Crippen LogP contribution is -2.16. The number of aromatic nitrogens is 2. The van der Waals surface area contributed by atoms with Gasteiger partial charge >= 0.3 is 0 Å². The van der Waals surface area contributed by atoms with Gasteiger partial charge in [0.1, 0.15) is 11.3 Å². The van der Waals surface area contributed by atoms with Crippen LogP contribution in [0.3, 0.4) is 0 Å². The molecule has 29 heavy (non-hydrogen) atoms. The van der Waals surface area contributed by atoms with E-state index in [1.807, 2.05) is 24.3 Å². The molecule has 0 atom stereocenters. The highest BCUT2D eigenvalue weighted by molar-refractivity contribution is 9.10. The molecule has 0 saturated carbocycles. The van der Waals surface area contributed by atoms with E-state index in [4.69, 9.17) is 23.8 Å². The van der Waals surface area contributed by atoms with Crippen LogP contribution in [0.25, 0.3) is 11.8 Å². The summed E-state index contributed by atoms with van der Waals surface area (Å²) in [5.74, 6) is -0.288. The predicted octanol–water partition coefficient (Wildman–Crippen LogP) is 4.89. The third-order valence-electron chi connectivity index (χ3n) is 4.25. The van der Waals surface area contributed by atoms with Crippen molar-refractivity contribution in [2.75, 3.05) is 0 Å². The summed E-state index contributed by atoms with van der Waals surface area (Å²) in [5.41, 5.74) is 2.11. The number of aromatic hydroxyl groups is 1. The van der Waals surface area contributed by atoms with Crippen LogP contribution in [-0.2, 0) is 0 Å². The minimum atomic E-state index is -0.513. The van der Waals surface area contributed by atoms with Gasteiger partial charge < -0.3 is 5.11 Å². The number of hydrogen-bond donors (Lipinski definition) is 2. The molecule has 0 fully saturated rings. The molecule has 0 saturated heterocycles. The van der Waals surface area contributed by atoms with Crippen molar-refractivity contribution in [3.8, 4) is 11.6 Å². The van der Waals surface area contributed by atoms with Crippen LogP contribution in [-0.4, -0.2) is 26.6 Å². The average molecular weight is 488 g/mol. The fourth-order valence-electron chi connectivity index (χ4n) is 2.86. The molecule has 144 valence electrons. The maximum Gasteiger partial charge on any atom is 0.262 e. The summed E-state index contributed by atoms with van der Waals surface area (Å²) < 4.78 is 2.37. The Labute approximate surface area is 183 Å². The molecular weight excluding hydrogens is 476 g/mol. The van der Waals surface area contributed by atoms with Gasteiger partial charge in [-0.25, -0.2) is 0 Å². The van der Waals surface area contributed by atoms with Crippen molar-refractivity contribution in [3.05, 3.63) is 89.9 Å². The highest BCUT2D eigenvalue weighted by Crippen LogP contribution is 2.24. The first-order chi connectivity index (χ1) is 13.9. The third-order valence-corrected chi connectivity index (χ3v) is 5.32. The zero-order valence-electron chi connectivity index (χ0n) is 14.6. The van der Waals surface area contributed by atoms with E-state index in [2.05, 4.69) is 31.1 Å². The summed E-state index contributed by atoms with van der Waals surface area (Å²) >= 11 is 14.6.